The molecule has 198 valence electrons. The maximum absolute atomic E-state index is 12.7. The Bertz CT molecular complexity index is 1120. The molecule has 4 rings (SSSR count). The fraction of sp³-hybridized carbons (Fsp3) is 0.429. The van der Waals surface area contributed by atoms with Crippen LogP contribution in [-0.4, -0.2) is 89.3 Å². The van der Waals surface area contributed by atoms with Crippen LogP contribution < -0.4 is 9.47 Å². The highest BCUT2D eigenvalue weighted by atomic mass is 16.5. The van der Waals surface area contributed by atoms with Crippen molar-refractivity contribution < 1.29 is 24.1 Å². The van der Waals surface area contributed by atoms with Crippen LogP contribution in [0.1, 0.15) is 11.1 Å². The van der Waals surface area contributed by atoms with Crippen LogP contribution in [-0.2, 0) is 22.6 Å². The van der Waals surface area contributed by atoms with Crippen molar-refractivity contribution in [2.24, 2.45) is 0 Å². The molecule has 37 heavy (non-hydrogen) atoms. The predicted octanol–water partition coefficient (Wildman–Crippen LogP) is 2.37. The SMILES string of the molecule is COCC(=O)N1CCN(Cc2cccc(OCCn3cccn3)c2)C[C@](O)(COc2ccc(C)cc2)C1. The number of ether oxygens (including phenoxy) is 3. The maximum atomic E-state index is 12.7. The van der Waals surface area contributed by atoms with Gasteiger partial charge < -0.3 is 24.2 Å². The van der Waals surface area contributed by atoms with Gasteiger partial charge in [0.1, 0.15) is 36.9 Å². The van der Waals surface area contributed by atoms with Crippen LogP contribution in [0.5, 0.6) is 11.5 Å². The second-order valence-electron chi connectivity index (χ2n) is 9.55. The normalized spacial score (nSPS) is 18.4. The number of β-amino-alcohol motifs (C(OH)–C–C–N with tert-alkyl or cyclic N) is 1. The van der Waals surface area contributed by atoms with Crippen molar-refractivity contribution in [2.45, 2.75) is 25.6 Å². The van der Waals surface area contributed by atoms with Gasteiger partial charge in [0.15, 0.2) is 0 Å². The first-order chi connectivity index (χ1) is 17.9. The lowest BCUT2D eigenvalue weighted by atomic mass is 10.0. The van der Waals surface area contributed by atoms with Crippen molar-refractivity contribution >= 4 is 5.91 Å². The van der Waals surface area contributed by atoms with Gasteiger partial charge in [-0.2, -0.15) is 5.10 Å². The number of aryl methyl sites for hydroxylation is 1. The largest absolute Gasteiger partial charge is 0.492 e. The number of methoxy groups -OCH3 is 1. The van der Waals surface area contributed by atoms with Gasteiger partial charge in [0, 0.05) is 45.7 Å². The quantitative estimate of drug-likeness (QED) is 0.425. The number of rotatable bonds is 11. The number of carbonyl (C=O) groups is 1. The number of benzene rings is 2. The molecule has 2 heterocycles. The molecule has 1 atom stereocenters. The number of hydrogen-bond acceptors (Lipinski definition) is 7. The molecule has 0 saturated carbocycles. The number of amides is 1. The molecule has 0 unspecified atom stereocenters. The molecule has 0 radical (unpaired) electrons. The fourth-order valence-electron chi connectivity index (χ4n) is 4.43. The Morgan fingerprint density at radius 3 is 2.65 bits per heavy atom. The second kappa shape index (κ2) is 12.7. The molecule has 1 aliphatic heterocycles. The van der Waals surface area contributed by atoms with Gasteiger partial charge in [-0.05, 0) is 42.8 Å². The summed E-state index contributed by atoms with van der Waals surface area (Å²) in [6.07, 6.45) is 3.66. The van der Waals surface area contributed by atoms with E-state index < -0.39 is 5.60 Å². The Balaban J connectivity index is 1.41. The molecule has 1 saturated heterocycles. The Morgan fingerprint density at radius 1 is 1.05 bits per heavy atom. The minimum atomic E-state index is -1.25. The van der Waals surface area contributed by atoms with Crippen molar-refractivity contribution in [1.29, 1.82) is 0 Å². The van der Waals surface area contributed by atoms with E-state index in [2.05, 4.69) is 10.00 Å². The van der Waals surface area contributed by atoms with Crippen LogP contribution in [0.3, 0.4) is 0 Å². The van der Waals surface area contributed by atoms with E-state index in [4.69, 9.17) is 14.2 Å². The van der Waals surface area contributed by atoms with E-state index in [1.165, 1.54) is 7.11 Å². The van der Waals surface area contributed by atoms with Crippen molar-refractivity contribution in [2.75, 3.05) is 53.1 Å². The topological polar surface area (TPSA) is 89.3 Å². The van der Waals surface area contributed by atoms with Crippen LogP contribution in [0.15, 0.2) is 67.0 Å². The molecule has 3 aromatic rings. The minimum Gasteiger partial charge on any atom is -0.492 e. The van der Waals surface area contributed by atoms with Gasteiger partial charge >= 0.3 is 0 Å². The molecule has 1 N–H and O–H groups in total. The van der Waals surface area contributed by atoms with Gasteiger partial charge in [0.2, 0.25) is 5.91 Å². The summed E-state index contributed by atoms with van der Waals surface area (Å²) in [6, 6.07) is 17.6. The van der Waals surface area contributed by atoms with Crippen LogP contribution in [0.25, 0.3) is 0 Å². The zero-order chi connectivity index (χ0) is 26.1. The summed E-state index contributed by atoms with van der Waals surface area (Å²) in [5.74, 6) is 1.32. The van der Waals surface area contributed by atoms with E-state index >= 15 is 0 Å². The summed E-state index contributed by atoms with van der Waals surface area (Å²) in [4.78, 5) is 16.5. The summed E-state index contributed by atoms with van der Waals surface area (Å²) in [5, 5.41) is 15.8. The Hall–Kier alpha value is -3.40. The van der Waals surface area contributed by atoms with Crippen molar-refractivity contribution in [3.63, 3.8) is 0 Å². The molecule has 9 heteroatoms. The lowest BCUT2D eigenvalue weighted by Crippen LogP contribution is -2.52. The van der Waals surface area contributed by atoms with Crippen LogP contribution in [0.2, 0.25) is 0 Å². The van der Waals surface area contributed by atoms with E-state index in [0.29, 0.717) is 45.1 Å². The van der Waals surface area contributed by atoms with Crippen LogP contribution >= 0.6 is 0 Å². The van der Waals surface area contributed by atoms with Crippen molar-refractivity contribution in [3.05, 3.63) is 78.1 Å². The molecular weight excluding hydrogens is 472 g/mol. The molecule has 1 amide bonds. The second-order valence-corrected chi connectivity index (χ2v) is 9.55. The van der Waals surface area contributed by atoms with Crippen LogP contribution in [0, 0.1) is 6.92 Å². The molecule has 9 nitrogen and oxygen atoms in total. The van der Waals surface area contributed by atoms with Crippen molar-refractivity contribution in [3.8, 4) is 11.5 Å². The summed E-state index contributed by atoms with van der Waals surface area (Å²) >= 11 is 0. The molecule has 0 spiro atoms. The number of carbonyl (C=O) groups excluding carboxylic acids is 1. The first-order valence-corrected chi connectivity index (χ1v) is 12.5. The monoisotopic (exact) mass is 508 g/mol. The van der Waals surface area contributed by atoms with Crippen molar-refractivity contribution in [1.82, 2.24) is 19.6 Å². The molecule has 1 fully saturated rings. The maximum Gasteiger partial charge on any atom is 0.248 e. The molecular formula is C28H36N4O5. The smallest absolute Gasteiger partial charge is 0.248 e. The standard InChI is InChI=1S/C28H36N4O5/c1-23-7-9-25(10-8-23)37-22-28(34)20-30(13-14-31(21-28)27(33)19-35-2)18-24-5-3-6-26(17-24)36-16-15-32-12-4-11-29-32/h3-12,17,34H,13-16,18-22H2,1-2H3/t28-/m1/s1. The Labute approximate surface area is 218 Å². The third-order valence-corrected chi connectivity index (χ3v) is 6.29. The number of aromatic nitrogens is 2. The highest BCUT2D eigenvalue weighted by Crippen LogP contribution is 2.21. The summed E-state index contributed by atoms with van der Waals surface area (Å²) in [6.45, 7) is 5.50. The zero-order valence-corrected chi connectivity index (χ0v) is 21.6. The number of aliphatic hydroxyl groups is 1. The van der Waals surface area contributed by atoms with E-state index in [-0.39, 0.29) is 25.7 Å². The van der Waals surface area contributed by atoms with Gasteiger partial charge in [-0.3, -0.25) is 14.4 Å². The molecule has 0 aliphatic carbocycles. The van der Waals surface area contributed by atoms with Gasteiger partial charge in [-0.25, -0.2) is 0 Å². The van der Waals surface area contributed by atoms with Gasteiger partial charge in [0.05, 0.1) is 13.1 Å². The highest BCUT2D eigenvalue weighted by Gasteiger charge is 2.37. The van der Waals surface area contributed by atoms with E-state index in [1.54, 1.807) is 11.1 Å². The zero-order valence-electron chi connectivity index (χ0n) is 21.6. The average molecular weight is 509 g/mol. The third-order valence-electron chi connectivity index (χ3n) is 6.29. The third kappa shape index (κ3) is 8.04. The summed E-state index contributed by atoms with van der Waals surface area (Å²) in [7, 11) is 1.50. The van der Waals surface area contributed by atoms with E-state index in [0.717, 1.165) is 16.9 Å². The number of hydrogen-bond donors (Lipinski definition) is 1. The average Bonchev–Trinajstić information content (AvgIpc) is 3.34. The number of nitrogens with zero attached hydrogens (tertiary/aromatic N) is 4. The fourth-order valence-corrected chi connectivity index (χ4v) is 4.43. The van der Waals surface area contributed by atoms with Gasteiger partial charge in [-0.1, -0.05) is 29.8 Å². The summed E-state index contributed by atoms with van der Waals surface area (Å²) < 4.78 is 18.8. The lowest BCUT2D eigenvalue weighted by molar-refractivity contribution is -0.138. The molecule has 2 aromatic carbocycles. The molecule has 0 bridgehead atoms. The van der Waals surface area contributed by atoms with Gasteiger partial charge in [0.25, 0.3) is 0 Å². The van der Waals surface area contributed by atoms with Crippen LogP contribution in [0.4, 0.5) is 0 Å². The first-order valence-electron chi connectivity index (χ1n) is 12.5. The Kier molecular flexibility index (Phi) is 9.16. The first kappa shape index (κ1) is 26.7. The van der Waals surface area contributed by atoms with E-state index in [1.807, 2.05) is 72.4 Å². The lowest BCUT2D eigenvalue weighted by Gasteiger charge is -2.33. The Morgan fingerprint density at radius 2 is 1.89 bits per heavy atom. The summed E-state index contributed by atoms with van der Waals surface area (Å²) in [5.41, 5.74) is 0.952. The van der Waals surface area contributed by atoms with Gasteiger partial charge in [-0.15, -0.1) is 0 Å². The predicted molar refractivity (Wildman–Crippen MR) is 140 cm³/mol. The highest BCUT2D eigenvalue weighted by molar-refractivity contribution is 5.77. The molecule has 1 aliphatic rings. The molecule has 1 aromatic heterocycles. The van der Waals surface area contributed by atoms with E-state index in [9.17, 15) is 9.90 Å². The minimum absolute atomic E-state index is 0.0210.